The first kappa shape index (κ1) is 16.4. The van der Waals surface area contributed by atoms with Crippen LogP contribution in [-0.2, 0) is 10.2 Å². The Morgan fingerprint density at radius 1 is 1.25 bits per heavy atom. The lowest BCUT2D eigenvalue weighted by Crippen LogP contribution is -2.48. The van der Waals surface area contributed by atoms with Crippen LogP contribution >= 0.6 is 15.9 Å². The molecule has 1 atom stereocenters. The van der Waals surface area contributed by atoms with Crippen LogP contribution in [0.5, 0.6) is 0 Å². The van der Waals surface area contributed by atoms with Gasteiger partial charge in [-0.3, -0.25) is 0 Å². The molecular formula is C10H23BrN2O2S. The number of hydrogen-bond donors (Lipinski definition) is 1. The van der Waals surface area contributed by atoms with Crippen molar-refractivity contribution in [3.63, 3.8) is 0 Å². The highest BCUT2D eigenvalue weighted by Gasteiger charge is 2.25. The van der Waals surface area contributed by atoms with Gasteiger partial charge in [0.05, 0.1) is 0 Å². The topological polar surface area (TPSA) is 49.4 Å². The number of hydrogen-bond acceptors (Lipinski definition) is 2. The second-order valence-corrected chi connectivity index (χ2v) is 7.12. The summed E-state index contributed by atoms with van der Waals surface area (Å²) in [6.45, 7) is 7.75. The highest BCUT2D eigenvalue weighted by molar-refractivity contribution is 9.09. The van der Waals surface area contributed by atoms with E-state index in [0.717, 1.165) is 11.8 Å². The zero-order chi connectivity index (χ0) is 12.9. The van der Waals surface area contributed by atoms with Gasteiger partial charge in [-0.15, -0.1) is 0 Å². The van der Waals surface area contributed by atoms with Gasteiger partial charge in [-0.25, -0.2) is 0 Å². The van der Waals surface area contributed by atoms with Crippen LogP contribution in [0.1, 0.15) is 34.1 Å². The molecule has 0 amide bonds. The van der Waals surface area contributed by atoms with Gasteiger partial charge in [0, 0.05) is 24.5 Å². The fourth-order valence-electron chi connectivity index (χ4n) is 1.20. The molecule has 0 aromatic heterocycles. The molecule has 0 aliphatic rings. The van der Waals surface area contributed by atoms with E-state index in [1.54, 1.807) is 7.05 Å². The molecule has 0 bridgehead atoms. The monoisotopic (exact) mass is 314 g/mol. The third kappa shape index (κ3) is 5.12. The third-order valence-electron chi connectivity index (χ3n) is 2.63. The van der Waals surface area contributed by atoms with Crippen molar-refractivity contribution < 1.29 is 8.42 Å². The van der Waals surface area contributed by atoms with E-state index in [0.29, 0.717) is 0 Å². The van der Waals surface area contributed by atoms with Crippen LogP contribution in [0.3, 0.4) is 0 Å². The maximum Gasteiger partial charge on any atom is 0.279 e. The Morgan fingerprint density at radius 2 is 1.75 bits per heavy atom. The van der Waals surface area contributed by atoms with Crippen molar-refractivity contribution in [3.05, 3.63) is 0 Å². The summed E-state index contributed by atoms with van der Waals surface area (Å²) in [5.41, 5.74) is 0. The fourth-order valence-corrected chi connectivity index (χ4v) is 3.19. The molecule has 0 spiro atoms. The summed E-state index contributed by atoms with van der Waals surface area (Å²) in [4.78, 5) is 0. The van der Waals surface area contributed by atoms with Crippen LogP contribution in [0, 0.1) is 5.92 Å². The molecule has 0 aromatic carbocycles. The molecule has 0 rings (SSSR count). The predicted octanol–water partition coefficient (Wildman–Crippen LogP) is 1.97. The number of nitrogens with zero attached hydrogens (tertiary/aromatic N) is 1. The number of rotatable bonds is 7. The normalized spacial score (nSPS) is 15.1. The van der Waals surface area contributed by atoms with Gasteiger partial charge in [-0.05, 0) is 26.2 Å². The first-order valence-electron chi connectivity index (χ1n) is 5.53. The Labute approximate surface area is 108 Å². The summed E-state index contributed by atoms with van der Waals surface area (Å²) >= 11 is 3.34. The fraction of sp³-hybridized carbons (Fsp3) is 1.00. The average molecular weight is 315 g/mol. The van der Waals surface area contributed by atoms with Gasteiger partial charge in [0.2, 0.25) is 0 Å². The van der Waals surface area contributed by atoms with Crippen molar-refractivity contribution in [1.82, 2.24) is 9.03 Å². The van der Waals surface area contributed by atoms with Crippen molar-refractivity contribution in [2.75, 3.05) is 12.4 Å². The molecule has 0 aromatic rings. The van der Waals surface area contributed by atoms with Crippen LogP contribution in [0.15, 0.2) is 0 Å². The van der Waals surface area contributed by atoms with E-state index in [9.17, 15) is 8.42 Å². The first-order chi connectivity index (χ1) is 7.22. The maximum atomic E-state index is 12.0. The Bertz CT molecular complexity index is 291. The Kier molecular flexibility index (Phi) is 7.09. The molecule has 98 valence electrons. The molecule has 16 heavy (non-hydrogen) atoms. The van der Waals surface area contributed by atoms with Gasteiger partial charge in [-0.1, -0.05) is 29.8 Å². The zero-order valence-electron chi connectivity index (χ0n) is 10.7. The predicted molar refractivity (Wildman–Crippen MR) is 72.0 cm³/mol. The van der Waals surface area contributed by atoms with E-state index in [1.807, 2.05) is 27.7 Å². The highest BCUT2D eigenvalue weighted by Crippen LogP contribution is 2.11. The summed E-state index contributed by atoms with van der Waals surface area (Å²) in [5.74, 6) is 0.285. The Morgan fingerprint density at radius 3 is 2.06 bits per heavy atom. The minimum absolute atomic E-state index is 0.0226. The van der Waals surface area contributed by atoms with Crippen LogP contribution in [0.4, 0.5) is 0 Å². The SMILES string of the molecule is CC(C)C(CCBr)NS(=O)(=O)N(C)C(C)C. The van der Waals surface area contributed by atoms with Crippen molar-refractivity contribution in [1.29, 1.82) is 0 Å². The van der Waals surface area contributed by atoms with Crippen LogP contribution in [0.2, 0.25) is 0 Å². The number of alkyl halides is 1. The summed E-state index contributed by atoms with van der Waals surface area (Å²) in [6.07, 6.45) is 0.794. The van der Waals surface area contributed by atoms with Gasteiger partial charge in [0.1, 0.15) is 0 Å². The van der Waals surface area contributed by atoms with Crippen LogP contribution in [-0.4, -0.2) is 37.2 Å². The largest absolute Gasteiger partial charge is 0.279 e. The molecule has 0 fully saturated rings. The molecule has 0 radical (unpaired) electrons. The second kappa shape index (κ2) is 6.93. The summed E-state index contributed by atoms with van der Waals surface area (Å²) in [6, 6.07) is -0.0557. The van der Waals surface area contributed by atoms with E-state index >= 15 is 0 Å². The van der Waals surface area contributed by atoms with Gasteiger partial charge in [0.25, 0.3) is 10.2 Å². The van der Waals surface area contributed by atoms with Gasteiger partial charge >= 0.3 is 0 Å². The molecule has 1 N–H and O–H groups in total. The van der Waals surface area contributed by atoms with Gasteiger partial charge in [0.15, 0.2) is 0 Å². The Hall–Kier alpha value is 0.350. The van der Waals surface area contributed by atoms with Crippen LogP contribution in [0.25, 0.3) is 0 Å². The second-order valence-electron chi connectivity index (χ2n) is 4.56. The maximum absolute atomic E-state index is 12.0. The first-order valence-corrected chi connectivity index (χ1v) is 8.09. The Balaban J connectivity index is 4.66. The lowest BCUT2D eigenvalue weighted by Gasteiger charge is -2.27. The van der Waals surface area contributed by atoms with E-state index in [2.05, 4.69) is 20.7 Å². The van der Waals surface area contributed by atoms with E-state index in [4.69, 9.17) is 0 Å². The average Bonchev–Trinajstić information content (AvgIpc) is 2.15. The molecule has 6 heteroatoms. The lowest BCUT2D eigenvalue weighted by atomic mass is 10.0. The standard InChI is InChI=1S/C10H23BrN2O2S/c1-8(2)10(6-7-11)12-16(14,15)13(5)9(3)4/h8-10,12H,6-7H2,1-5H3. The zero-order valence-corrected chi connectivity index (χ0v) is 13.1. The van der Waals surface area contributed by atoms with Crippen LogP contribution < -0.4 is 4.72 Å². The quantitative estimate of drug-likeness (QED) is 0.730. The summed E-state index contributed by atoms with van der Waals surface area (Å²) in [5, 5.41) is 0.795. The van der Waals surface area contributed by atoms with Crippen molar-refractivity contribution in [2.45, 2.75) is 46.2 Å². The molecule has 0 saturated heterocycles. The summed E-state index contributed by atoms with van der Waals surface area (Å²) < 4.78 is 28.0. The minimum atomic E-state index is -3.36. The molecule has 0 saturated carbocycles. The third-order valence-corrected chi connectivity index (χ3v) is 4.87. The lowest BCUT2D eigenvalue weighted by molar-refractivity contribution is 0.376. The molecule has 0 aliphatic carbocycles. The molecule has 0 aliphatic heterocycles. The number of nitrogens with one attached hydrogen (secondary N) is 1. The molecule has 4 nitrogen and oxygen atoms in total. The van der Waals surface area contributed by atoms with E-state index in [1.165, 1.54) is 4.31 Å². The van der Waals surface area contributed by atoms with Crippen molar-refractivity contribution in [3.8, 4) is 0 Å². The number of halogens is 1. The molecular weight excluding hydrogens is 292 g/mol. The van der Waals surface area contributed by atoms with E-state index < -0.39 is 10.2 Å². The van der Waals surface area contributed by atoms with Gasteiger partial charge < -0.3 is 0 Å². The highest BCUT2D eigenvalue weighted by atomic mass is 79.9. The minimum Gasteiger partial charge on any atom is -0.199 e. The summed E-state index contributed by atoms with van der Waals surface area (Å²) in [7, 11) is -1.77. The smallest absolute Gasteiger partial charge is 0.199 e. The van der Waals surface area contributed by atoms with Gasteiger partial charge in [-0.2, -0.15) is 17.4 Å². The molecule has 0 heterocycles. The molecule has 1 unspecified atom stereocenters. The van der Waals surface area contributed by atoms with Crippen molar-refractivity contribution >= 4 is 26.1 Å². The van der Waals surface area contributed by atoms with E-state index in [-0.39, 0.29) is 18.0 Å². The van der Waals surface area contributed by atoms with Crippen molar-refractivity contribution in [2.24, 2.45) is 5.92 Å².